The van der Waals surface area contributed by atoms with Gasteiger partial charge in [0, 0.05) is 24.1 Å². The molecule has 0 saturated heterocycles. The summed E-state index contributed by atoms with van der Waals surface area (Å²) in [6, 6.07) is 19.1. The van der Waals surface area contributed by atoms with E-state index in [1.165, 1.54) is 5.56 Å². The molecule has 0 spiro atoms. The molecule has 0 aliphatic heterocycles. The van der Waals surface area contributed by atoms with Gasteiger partial charge in [-0.25, -0.2) is 9.78 Å². The van der Waals surface area contributed by atoms with E-state index in [1.54, 1.807) is 23.8 Å². The van der Waals surface area contributed by atoms with Crippen molar-refractivity contribution in [2.45, 2.75) is 26.3 Å². The van der Waals surface area contributed by atoms with Crippen LogP contribution in [0.25, 0.3) is 22.2 Å². The van der Waals surface area contributed by atoms with E-state index in [0.717, 1.165) is 16.5 Å². The monoisotopic (exact) mass is 483 g/mol. The Kier molecular flexibility index (Phi) is 7.99. The minimum absolute atomic E-state index is 0.150. The lowest BCUT2D eigenvalue weighted by Gasteiger charge is -2.15. The molecule has 2 aromatic heterocycles. The van der Waals surface area contributed by atoms with Crippen molar-refractivity contribution in [2.75, 3.05) is 26.9 Å². The Balaban J connectivity index is 1.78. The second-order valence-electron chi connectivity index (χ2n) is 8.59. The third kappa shape index (κ3) is 5.73. The molecule has 0 bridgehead atoms. The number of ether oxygens (including phenoxy) is 3. The quantitative estimate of drug-likeness (QED) is 0.241. The van der Waals surface area contributed by atoms with Crippen LogP contribution >= 0.6 is 0 Å². The summed E-state index contributed by atoms with van der Waals surface area (Å²) in [5, 5.41) is 0.786. The van der Waals surface area contributed by atoms with E-state index in [-0.39, 0.29) is 18.8 Å². The number of hydrogen-bond acceptors (Lipinski definition) is 6. The maximum atomic E-state index is 13.3. The van der Waals surface area contributed by atoms with Crippen LogP contribution < -0.4 is 15.2 Å². The van der Waals surface area contributed by atoms with Gasteiger partial charge in [0.2, 0.25) is 5.88 Å². The highest BCUT2D eigenvalue weighted by atomic mass is 16.5. The van der Waals surface area contributed by atoms with Crippen LogP contribution in [0.5, 0.6) is 11.6 Å². The van der Waals surface area contributed by atoms with Crippen molar-refractivity contribution in [3.05, 3.63) is 82.4 Å². The summed E-state index contributed by atoms with van der Waals surface area (Å²) >= 11 is 0. The van der Waals surface area contributed by atoms with Crippen molar-refractivity contribution in [3.8, 4) is 35.2 Å². The summed E-state index contributed by atoms with van der Waals surface area (Å²) in [4.78, 5) is 22.3. The lowest BCUT2D eigenvalue weighted by Crippen LogP contribution is -2.25. The van der Waals surface area contributed by atoms with E-state index in [2.05, 4.69) is 41.9 Å². The third-order valence-corrected chi connectivity index (χ3v) is 5.76. The third-order valence-electron chi connectivity index (χ3n) is 5.76. The van der Waals surface area contributed by atoms with Crippen molar-refractivity contribution in [3.63, 3.8) is 0 Å². The van der Waals surface area contributed by atoms with Crippen LogP contribution in [0.15, 0.2) is 65.5 Å². The number of rotatable bonds is 10. The summed E-state index contributed by atoms with van der Waals surface area (Å²) in [7, 11) is 1.61. The lowest BCUT2D eigenvalue weighted by atomic mass is 9.99. The molecule has 4 rings (SSSR count). The minimum atomic E-state index is -0.366. The van der Waals surface area contributed by atoms with Gasteiger partial charge < -0.3 is 14.2 Å². The summed E-state index contributed by atoms with van der Waals surface area (Å²) in [5.74, 6) is 3.97. The van der Waals surface area contributed by atoms with Crippen LogP contribution in [0.3, 0.4) is 0 Å². The Morgan fingerprint density at radius 2 is 1.81 bits per heavy atom. The van der Waals surface area contributed by atoms with Crippen LogP contribution in [0.1, 0.15) is 31.0 Å². The normalized spacial score (nSPS) is 11.0. The Morgan fingerprint density at radius 1 is 1.00 bits per heavy atom. The molecule has 2 heterocycles. The first-order valence-corrected chi connectivity index (χ1v) is 11.8. The highest BCUT2D eigenvalue weighted by Gasteiger charge is 2.15. The van der Waals surface area contributed by atoms with E-state index in [0.29, 0.717) is 42.1 Å². The van der Waals surface area contributed by atoms with Gasteiger partial charge in [0.15, 0.2) is 0 Å². The number of aromatic nitrogens is 3. The van der Waals surface area contributed by atoms with Crippen molar-refractivity contribution in [1.29, 1.82) is 0 Å². The molecule has 0 saturated carbocycles. The first kappa shape index (κ1) is 25.0. The fourth-order valence-corrected chi connectivity index (χ4v) is 3.89. The van der Waals surface area contributed by atoms with Gasteiger partial charge >= 0.3 is 5.69 Å². The molecule has 36 heavy (non-hydrogen) atoms. The summed E-state index contributed by atoms with van der Waals surface area (Å²) in [6.45, 7) is 5.53. The minimum Gasteiger partial charge on any atom is -0.481 e. The molecule has 0 amide bonds. The van der Waals surface area contributed by atoms with Gasteiger partial charge in [0.25, 0.3) is 0 Å². The SMILES string of the molecule is C#CCOc1ccc2c(c1)c(-c1ccc(C(C)C)cc1)nc(=O)n2Cc1cccc(OCCOC)n1. The van der Waals surface area contributed by atoms with E-state index in [4.69, 9.17) is 20.6 Å². The predicted octanol–water partition coefficient (Wildman–Crippen LogP) is 4.67. The van der Waals surface area contributed by atoms with Crippen LogP contribution in [0, 0.1) is 12.3 Å². The van der Waals surface area contributed by atoms with Crippen LogP contribution in [0.4, 0.5) is 0 Å². The van der Waals surface area contributed by atoms with Gasteiger partial charge in [-0.2, -0.15) is 4.98 Å². The fraction of sp³-hybridized carbons (Fsp3) is 0.276. The van der Waals surface area contributed by atoms with Gasteiger partial charge in [-0.3, -0.25) is 4.57 Å². The van der Waals surface area contributed by atoms with Crippen molar-refractivity contribution in [2.24, 2.45) is 0 Å². The Morgan fingerprint density at radius 3 is 2.53 bits per heavy atom. The maximum absolute atomic E-state index is 13.3. The average molecular weight is 484 g/mol. The zero-order valence-corrected chi connectivity index (χ0v) is 20.7. The zero-order chi connectivity index (χ0) is 25.5. The summed E-state index contributed by atoms with van der Waals surface area (Å²) < 4.78 is 17.9. The molecule has 0 aliphatic rings. The van der Waals surface area contributed by atoms with Crippen molar-refractivity contribution < 1.29 is 14.2 Å². The zero-order valence-electron chi connectivity index (χ0n) is 20.7. The first-order valence-electron chi connectivity index (χ1n) is 11.8. The van der Waals surface area contributed by atoms with Gasteiger partial charge in [-0.15, -0.1) is 6.42 Å². The highest BCUT2D eigenvalue weighted by molar-refractivity contribution is 5.93. The standard InChI is InChI=1S/C29H29N3O4/c1-5-15-35-24-13-14-26-25(18-24)28(22-11-9-21(10-12-22)20(2)3)31-29(33)32(26)19-23-7-6-8-27(30-23)36-17-16-34-4/h1,6-14,18,20H,15-17,19H2,2-4H3. The van der Waals surface area contributed by atoms with E-state index in [9.17, 15) is 4.79 Å². The predicted molar refractivity (Wildman–Crippen MR) is 141 cm³/mol. The van der Waals surface area contributed by atoms with Gasteiger partial charge in [0.1, 0.15) is 19.0 Å². The molecule has 0 unspecified atom stereocenters. The molecule has 0 fully saturated rings. The molecule has 0 radical (unpaired) electrons. The molecule has 2 aromatic carbocycles. The van der Waals surface area contributed by atoms with Gasteiger partial charge in [-0.05, 0) is 35.7 Å². The number of nitrogens with zero attached hydrogens (tertiary/aromatic N) is 3. The lowest BCUT2D eigenvalue weighted by molar-refractivity contribution is 0.143. The number of pyridine rings is 1. The molecular weight excluding hydrogens is 454 g/mol. The van der Waals surface area contributed by atoms with E-state index < -0.39 is 0 Å². The first-order chi connectivity index (χ1) is 17.5. The summed E-state index contributed by atoms with van der Waals surface area (Å²) in [6.07, 6.45) is 5.37. The number of methoxy groups -OCH3 is 1. The number of fused-ring (bicyclic) bond motifs is 1. The van der Waals surface area contributed by atoms with Crippen molar-refractivity contribution >= 4 is 10.9 Å². The van der Waals surface area contributed by atoms with Crippen LogP contribution in [-0.4, -0.2) is 41.5 Å². The highest BCUT2D eigenvalue weighted by Crippen LogP contribution is 2.30. The molecule has 7 heteroatoms. The molecule has 184 valence electrons. The fourth-order valence-electron chi connectivity index (χ4n) is 3.89. The maximum Gasteiger partial charge on any atom is 0.348 e. The van der Waals surface area contributed by atoms with Crippen LogP contribution in [-0.2, 0) is 11.3 Å². The second kappa shape index (κ2) is 11.5. The van der Waals surface area contributed by atoms with E-state index in [1.807, 2.05) is 36.4 Å². The Hall–Kier alpha value is -4.15. The molecule has 0 atom stereocenters. The second-order valence-corrected chi connectivity index (χ2v) is 8.59. The Bertz CT molecular complexity index is 1440. The molecule has 0 N–H and O–H groups in total. The number of hydrogen-bond donors (Lipinski definition) is 0. The molecule has 4 aromatic rings. The molecular formula is C29H29N3O4. The topological polar surface area (TPSA) is 75.5 Å². The number of terminal acetylenes is 1. The summed E-state index contributed by atoms with van der Waals surface area (Å²) in [5.41, 5.74) is 3.70. The Labute approximate surface area is 210 Å². The molecule has 7 nitrogen and oxygen atoms in total. The smallest absolute Gasteiger partial charge is 0.348 e. The average Bonchev–Trinajstić information content (AvgIpc) is 2.89. The van der Waals surface area contributed by atoms with Crippen molar-refractivity contribution in [1.82, 2.24) is 14.5 Å². The molecule has 0 aliphatic carbocycles. The van der Waals surface area contributed by atoms with E-state index >= 15 is 0 Å². The van der Waals surface area contributed by atoms with Gasteiger partial charge in [0.05, 0.1) is 30.1 Å². The van der Waals surface area contributed by atoms with Crippen LogP contribution in [0.2, 0.25) is 0 Å². The van der Waals surface area contributed by atoms with Gasteiger partial charge in [-0.1, -0.05) is 50.1 Å². The number of benzene rings is 2. The largest absolute Gasteiger partial charge is 0.481 e.